The van der Waals surface area contributed by atoms with Gasteiger partial charge < -0.3 is 10.5 Å². The Hall–Kier alpha value is -1.62. The molecular formula is C13H17N3O3S. The molecule has 0 aliphatic carbocycles. The third-order valence-electron chi connectivity index (χ3n) is 3.39. The van der Waals surface area contributed by atoms with E-state index in [1.54, 1.807) is 7.11 Å². The van der Waals surface area contributed by atoms with Gasteiger partial charge in [0.2, 0.25) is 10.0 Å². The number of nitriles is 1. The maximum Gasteiger partial charge on any atom is 0.244 e. The summed E-state index contributed by atoms with van der Waals surface area (Å²) in [4.78, 5) is 0.0206. The summed E-state index contributed by atoms with van der Waals surface area (Å²) in [6.07, 6.45) is 0.768. The minimum absolute atomic E-state index is 0.0206. The lowest BCUT2D eigenvalue weighted by molar-refractivity contribution is 0.157. The number of methoxy groups -OCH3 is 1. The van der Waals surface area contributed by atoms with E-state index in [0.717, 1.165) is 6.42 Å². The monoisotopic (exact) mass is 295 g/mol. The molecule has 2 N–H and O–H groups in total. The van der Waals surface area contributed by atoms with E-state index in [2.05, 4.69) is 0 Å². The van der Waals surface area contributed by atoms with Crippen molar-refractivity contribution < 1.29 is 13.2 Å². The SMILES string of the molecule is COCC1CCN(S(=O)(=O)c2ccc(N)cc2C#N)C1. The number of hydrogen-bond donors (Lipinski definition) is 1. The molecule has 0 aromatic heterocycles. The first-order valence-electron chi connectivity index (χ1n) is 6.27. The number of nitrogen functional groups attached to an aromatic ring is 1. The highest BCUT2D eigenvalue weighted by atomic mass is 32.2. The van der Waals surface area contributed by atoms with E-state index in [-0.39, 0.29) is 16.4 Å². The summed E-state index contributed by atoms with van der Waals surface area (Å²) in [7, 11) is -2.05. The van der Waals surface area contributed by atoms with E-state index in [9.17, 15) is 8.42 Å². The Bertz CT molecular complexity index is 637. The van der Waals surface area contributed by atoms with Crippen LogP contribution in [0.15, 0.2) is 23.1 Å². The van der Waals surface area contributed by atoms with Gasteiger partial charge in [-0.15, -0.1) is 0 Å². The van der Waals surface area contributed by atoms with Gasteiger partial charge in [-0.1, -0.05) is 0 Å². The molecule has 0 saturated carbocycles. The molecule has 20 heavy (non-hydrogen) atoms. The van der Waals surface area contributed by atoms with E-state index in [0.29, 0.717) is 25.4 Å². The molecule has 1 atom stereocenters. The van der Waals surface area contributed by atoms with Crippen LogP contribution < -0.4 is 5.73 Å². The Morgan fingerprint density at radius 1 is 1.55 bits per heavy atom. The number of nitrogens with two attached hydrogens (primary N) is 1. The van der Waals surface area contributed by atoms with Crippen molar-refractivity contribution in [1.82, 2.24) is 4.31 Å². The third-order valence-corrected chi connectivity index (χ3v) is 5.32. The van der Waals surface area contributed by atoms with Gasteiger partial charge in [0, 0.05) is 25.9 Å². The van der Waals surface area contributed by atoms with Crippen molar-refractivity contribution in [2.75, 3.05) is 32.5 Å². The number of ether oxygens (including phenoxy) is 1. The molecule has 1 aromatic carbocycles. The Kier molecular flexibility index (Phi) is 4.28. The Labute approximate surface area is 118 Å². The summed E-state index contributed by atoms with van der Waals surface area (Å²) < 4.78 is 31.6. The van der Waals surface area contributed by atoms with Gasteiger partial charge in [0.15, 0.2) is 0 Å². The van der Waals surface area contributed by atoms with Gasteiger partial charge in [-0.05, 0) is 30.5 Å². The highest BCUT2D eigenvalue weighted by Crippen LogP contribution is 2.27. The zero-order valence-corrected chi connectivity index (χ0v) is 12.1. The fraction of sp³-hybridized carbons (Fsp3) is 0.462. The lowest BCUT2D eigenvalue weighted by atomic mass is 10.1. The lowest BCUT2D eigenvalue weighted by Crippen LogP contribution is -2.30. The van der Waals surface area contributed by atoms with Crippen LogP contribution in [0.2, 0.25) is 0 Å². The van der Waals surface area contributed by atoms with Gasteiger partial charge in [-0.25, -0.2) is 8.42 Å². The number of nitrogens with zero attached hydrogens (tertiary/aromatic N) is 2. The zero-order chi connectivity index (χ0) is 14.8. The molecule has 0 radical (unpaired) electrons. The fourth-order valence-corrected chi connectivity index (χ4v) is 4.04. The van der Waals surface area contributed by atoms with Crippen LogP contribution in [0.25, 0.3) is 0 Å². The van der Waals surface area contributed by atoms with Crippen molar-refractivity contribution in [3.05, 3.63) is 23.8 Å². The van der Waals surface area contributed by atoms with Crippen LogP contribution in [0.5, 0.6) is 0 Å². The highest BCUT2D eigenvalue weighted by Gasteiger charge is 2.33. The summed E-state index contributed by atoms with van der Waals surface area (Å²) in [5.74, 6) is 0.203. The molecule has 6 nitrogen and oxygen atoms in total. The third kappa shape index (κ3) is 2.77. The summed E-state index contributed by atoms with van der Waals surface area (Å²) in [6.45, 7) is 1.41. The lowest BCUT2D eigenvalue weighted by Gasteiger charge is -2.17. The first-order valence-corrected chi connectivity index (χ1v) is 7.71. The van der Waals surface area contributed by atoms with Crippen LogP contribution in [-0.2, 0) is 14.8 Å². The van der Waals surface area contributed by atoms with Crippen LogP contribution in [0.4, 0.5) is 5.69 Å². The quantitative estimate of drug-likeness (QED) is 0.829. The van der Waals surface area contributed by atoms with Gasteiger partial charge in [-0.3, -0.25) is 0 Å². The molecule has 1 aliphatic heterocycles. The Morgan fingerprint density at radius 2 is 2.30 bits per heavy atom. The average Bonchev–Trinajstić information content (AvgIpc) is 2.88. The zero-order valence-electron chi connectivity index (χ0n) is 11.2. The average molecular weight is 295 g/mol. The van der Waals surface area contributed by atoms with Gasteiger partial charge in [0.1, 0.15) is 11.0 Å². The largest absolute Gasteiger partial charge is 0.399 e. The number of rotatable bonds is 4. The molecular weight excluding hydrogens is 278 g/mol. The van der Waals surface area contributed by atoms with Crippen LogP contribution in [0, 0.1) is 17.2 Å². The molecule has 2 rings (SSSR count). The molecule has 0 spiro atoms. The minimum Gasteiger partial charge on any atom is -0.399 e. The van der Waals surface area contributed by atoms with E-state index < -0.39 is 10.0 Å². The second kappa shape index (κ2) is 5.79. The summed E-state index contributed by atoms with van der Waals surface area (Å²) in [5.41, 5.74) is 6.04. The van der Waals surface area contributed by atoms with Crippen molar-refractivity contribution in [2.45, 2.75) is 11.3 Å². The van der Waals surface area contributed by atoms with Gasteiger partial charge in [0.05, 0.1) is 12.2 Å². The van der Waals surface area contributed by atoms with Crippen molar-refractivity contribution in [3.8, 4) is 6.07 Å². The predicted octanol–water partition coefficient (Wildman–Crippen LogP) is 0.797. The molecule has 1 aromatic rings. The second-order valence-electron chi connectivity index (χ2n) is 4.84. The molecule has 0 bridgehead atoms. The normalized spacial score (nSPS) is 19.9. The van der Waals surface area contributed by atoms with Crippen molar-refractivity contribution in [2.24, 2.45) is 5.92 Å². The van der Waals surface area contributed by atoms with Crippen LogP contribution >= 0.6 is 0 Å². The number of hydrogen-bond acceptors (Lipinski definition) is 5. The van der Waals surface area contributed by atoms with E-state index >= 15 is 0 Å². The van der Waals surface area contributed by atoms with Crippen LogP contribution in [0.3, 0.4) is 0 Å². The maximum absolute atomic E-state index is 12.6. The smallest absolute Gasteiger partial charge is 0.244 e. The molecule has 108 valence electrons. The number of benzene rings is 1. The fourth-order valence-electron chi connectivity index (χ4n) is 2.39. The summed E-state index contributed by atoms with van der Waals surface area (Å²) >= 11 is 0. The van der Waals surface area contributed by atoms with E-state index in [4.69, 9.17) is 15.7 Å². The van der Waals surface area contributed by atoms with Crippen molar-refractivity contribution >= 4 is 15.7 Å². The molecule has 0 amide bonds. The van der Waals surface area contributed by atoms with Crippen LogP contribution in [-0.4, -0.2) is 39.5 Å². The van der Waals surface area contributed by atoms with Crippen LogP contribution in [0.1, 0.15) is 12.0 Å². The summed E-state index contributed by atoms with van der Waals surface area (Å²) in [6, 6.07) is 6.17. The topological polar surface area (TPSA) is 96.4 Å². The molecule has 7 heteroatoms. The molecule has 1 saturated heterocycles. The number of sulfonamides is 1. The Morgan fingerprint density at radius 3 is 2.95 bits per heavy atom. The van der Waals surface area contributed by atoms with Crippen molar-refractivity contribution in [3.63, 3.8) is 0 Å². The minimum atomic E-state index is -3.65. The highest BCUT2D eigenvalue weighted by molar-refractivity contribution is 7.89. The second-order valence-corrected chi connectivity index (χ2v) is 6.75. The van der Waals surface area contributed by atoms with Gasteiger partial charge >= 0.3 is 0 Å². The maximum atomic E-state index is 12.6. The van der Waals surface area contributed by atoms with E-state index in [1.165, 1.54) is 22.5 Å². The first kappa shape index (κ1) is 14.8. The molecule has 1 aliphatic rings. The first-order chi connectivity index (χ1) is 9.48. The summed E-state index contributed by atoms with van der Waals surface area (Å²) in [5, 5.41) is 9.08. The predicted molar refractivity (Wildman–Crippen MR) is 74.3 cm³/mol. The number of anilines is 1. The van der Waals surface area contributed by atoms with Crippen molar-refractivity contribution in [1.29, 1.82) is 5.26 Å². The standard InChI is InChI=1S/C13H17N3O3S/c1-19-9-10-4-5-16(8-10)20(17,18)13-3-2-12(15)6-11(13)7-14/h2-3,6,10H,4-5,8-9,15H2,1H3. The Balaban J connectivity index is 2.30. The molecule has 1 unspecified atom stereocenters. The molecule has 1 heterocycles. The van der Waals surface area contributed by atoms with Gasteiger partial charge in [0.25, 0.3) is 0 Å². The van der Waals surface area contributed by atoms with Gasteiger partial charge in [-0.2, -0.15) is 9.57 Å². The van der Waals surface area contributed by atoms with E-state index in [1.807, 2.05) is 6.07 Å². The molecule has 1 fully saturated rings.